The molecular weight excluding hydrogens is 380 g/mol. The van der Waals surface area contributed by atoms with Crippen molar-refractivity contribution in [3.8, 4) is 5.75 Å². The van der Waals surface area contributed by atoms with Crippen molar-refractivity contribution in [2.75, 3.05) is 5.75 Å². The minimum atomic E-state index is -0.436. The summed E-state index contributed by atoms with van der Waals surface area (Å²) in [6, 6.07) is 6.07. The Kier molecular flexibility index (Phi) is 5.73. The smallest absolute Gasteiger partial charge is 0.332 e. The Morgan fingerprint density at radius 2 is 1.82 bits per heavy atom. The van der Waals surface area contributed by atoms with Crippen LogP contribution in [-0.2, 0) is 20.6 Å². The zero-order valence-electron chi connectivity index (χ0n) is 16.0. The van der Waals surface area contributed by atoms with E-state index < -0.39 is 11.2 Å². The zero-order valence-corrected chi connectivity index (χ0v) is 16.8. The molecule has 148 valence electrons. The van der Waals surface area contributed by atoms with Crippen LogP contribution in [0.1, 0.15) is 30.1 Å². The standard InChI is InChI=1S/C19H22N4O4S/c1-4-5-10-23-15-16(21(2)19(27)22(3)17(15)26)20-18(23)28-11-14(25)12-6-8-13(24)9-7-12/h6-9,24H,4-5,10-11H2,1-3H3. The molecular formula is C19H22N4O4S. The van der Waals surface area contributed by atoms with Gasteiger partial charge in [-0.3, -0.25) is 18.7 Å². The third-order valence-corrected chi connectivity index (χ3v) is 5.55. The number of imidazole rings is 1. The maximum absolute atomic E-state index is 12.7. The van der Waals surface area contributed by atoms with Gasteiger partial charge in [0.15, 0.2) is 22.1 Å². The Hall–Kier alpha value is -2.81. The average molecular weight is 402 g/mol. The second kappa shape index (κ2) is 8.05. The van der Waals surface area contributed by atoms with Crippen molar-refractivity contribution in [2.24, 2.45) is 14.1 Å². The number of aromatic hydroxyl groups is 1. The van der Waals surface area contributed by atoms with Crippen molar-refractivity contribution in [1.82, 2.24) is 18.7 Å². The number of phenols is 1. The maximum atomic E-state index is 12.7. The molecule has 0 saturated heterocycles. The summed E-state index contributed by atoms with van der Waals surface area (Å²) in [4.78, 5) is 41.8. The molecule has 0 bridgehead atoms. The van der Waals surface area contributed by atoms with Crippen LogP contribution >= 0.6 is 11.8 Å². The molecule has 9 heteroatoms. The first-order valence-electron chi connectivity index (χ1n) is 8.96. The SMILES string of the molecule is CCCCn1c(SCC(=O)c2ccc(O)cc2)nc2c1c(=O)n(C)c(=O)n2C. The highest BCUT2D eigenvalue weighted by Gasteiger charge is 2.20. The van der Waals surface area contributed by atoms with Crippen molar-refractivity contribution in [1.29, 1.82) is 0 Å². The number of thioether (sulfide) groups is 1. The molecule has 0 spiro atoms. The number of aromatic nitrogens is 4. The van der Waals surface area contributed by atoms with Gasteiger partial charge in [-0.2, -0.15) is 0 Å². The van der Waals surface area contributed by atoms with Gasteiger partial charge in [-0.15, -0.1) is 0 Å². The fraction of sp³-hybridized carbons (Fsp3) is 0.368. The lowest BCUT2D eigenvalue weighted by Gasteiger charge is -2.08. The summed E-state index contributed by atoms with van der Waals surface area (Å²) in [7, 11) is 3.03. The van der Waals surface area contributed by atoms with E-state index in [1.54, 1.807) is 23.7 Å². The Morgan fingerprint density at radius 3 is 2.46 bits per heavy atom. The van der Waals surface area contributed by atoms with Gasteiger partial charge < -0.3 is 9.67 Å². The van der Waals surface area contributed by atoms with Crippen LogP contribution in [0.3, 0.4) is 0 Å². The lowest BCUT2D eigenvalue weighted by Crippen LogP contribution is -2.37. The highest BCUT2D eigenvalue weighted by molar-refractivity contribution is 7.99. The number of carbonyl (C=O) groups is 1. The molecule has 28 heavy (non-hydrogen) atoms. The molecule has 2 aromatic heterocycles. The third-order valence-electron chi connectivity index (χ3n) is 4.57. The molecule has 0 aliphatic rings. The molecule has 3 aromatic rings. The van der Waals surface area contributed by atoms with E-state index >= 15 is 0 Å². The van der Waals surface area contributed by atoms with Gasteiger partial charge in [0.25, 0.3) is 5.56 Å². The molecule has 0 fully saturated rings. The molecule has 0 aliphatic carbocycles. The molecule has 0 atom stereocenters. The number of hydrogen-bond acceptors (Lipinski definition) is 6. The quantitative estimate of drug-likeness (QED) is 0.479. The van der Waals surface area contributed by atoms with Crippen LogP contribution < -0.4 is 11.2 Å². The van der Waals surface area contributed by atoms with Gasteiger partial charge in [0.1, 0.15) is 5.75 Å². The maximum Gasteiger partial charge on any atom is 0.332 e. The van der Waals surface area contributed by atoms with E-state index in [9.17, 15) is 19.5 Å². The fourth-order valence-electron chi connectivity index (χ4n) is 2.92. The fourth-order valence-corrected chi connectivity index (χ4v) is 3.84. The van der Waals surface area contributed by atoms with Gasteiger partial charge in [-0.1, -0.05) is 25.1 Å². The summed E-state index contributed by atoms with van der Waals surface area (Å²) >= 11 is 1.24. The topological polar surface area (TPSA) is 99.1 Å². The highest BCUT2D eigenvalue weighted by atomic mass is 32.2. The Morgan fingerprint density at radius 1 is 1.14 bits per heavy atom. The Bertz CT molecular complexity index is 1140. The van der Waals surface area contributed by atoms with Gasteiger partial charge in [0.05, 0.1) is 5.75 Å². The molecule has 0 saturated carbocycles. The predicted molar refractivity (Wildman–Crippen MR) is 108 cm³/mol. The molecule has 0 aliphatic heterocycles. The summed E-state index contributed by atoms with van der Waals surface area (Å²) in [5, 5.41) is 9.89. The molecule has 2 heterocycles. The number of unbranched alkanes of at least 4 members (excludes halogenated alkanes) is 1. The first kappa shape index (κ1) is 19.9. The van der Waals surface area contributed by atoms with E-state index in [-0.39, 0.29) is 17.3 Å². The predicted octanol–water partition coefficient (Wildman–Crippen LogP) is 1.91. The van der Waals surface area contributed by atoms with Crippen molar-refractivity contribution in [3.05, 3.63) is 50.7 Å². The molecule has 0 unspecified atom stereocenters. The van der Waals surface area contributed by atoms with Crippen LogP contribution in [0.25, 0.3) is 11.2 Å². The summed E-state index contributed by atoms with van der Waals surface area (Å²) in [5.74, 6) is 0.123. The van der Waals surface area contributed by atoms with Crippen LogP contribution in [0.2, 0.25) is 0 Å². The van der Waals surface area contributed by atoms with Crippen LogP contribution in [-0.4, -0.2) is 35.3 Å². The molecule has 0 radical (unpaired) electrons. The molecule has 3 rings (SSSR count). The first-order valence-corrected chi connectivity index (χ1v) is 9.95. The van der Waals surface area contributed by atoms with Crippen LogP contribution in [0.5, 0.6) is 5.75 Å². The van der Waals surface area contributed by atoms with Gasteiger partial charge in [0.2, 0.25) is 0 Å². The lowest BCUT2D eigenvalue weighted by molar-refractivity contribution is 0.102. The minimum Gasteiger partial charge on any atom is -0.508 e. The number of hydrogen-bond donors (Lipinski definition) is 1. The van der Waals surface area contributed by atoms with E-state index in [4.69, 9.17) is 0 Å². The lowest BCUT2D eigenvalue weighted by atomic mass is 10.1. The van der Waals surface area contributed by atoms with E-state index in [1.165, 1.54) is 35.5 Å². The number of carbonyl (C=O) groups excluding carboxylic acids is 1. The largest absolute Gasteiger partial charge is 0.508 e. The van der Waals surface area contributed by atoms with Crippen LogP contribution in [0.15, 0.2) is 39.0 Å². The normalized spacial score (nSPS) is 11.2. The Labute approximate surface area is 165 Å². The second-order valence-corrected chi connectivity index (χ2v) is 7.48. The van der Waals surface area contributed by atoms with Crippen molar-refractivity contribution < 1.29 is 9.90 Å². The number of benzene rings is 1. The number of nitrogens with zero attached hydrogens (tertiary/aromatic N) is 4. The van der Waals surface area contributed by atoms with Crippen molar-refractivity contribution in [2.45, 2.75) is 31.5 Å². The highest BCUT2D eigenvalue weighted by Crippen LogP contribution is 2.23. The Balaban J connectivity index is 2.00. The minimum absolute atomic E-state index is 0.0994. The van der Waals surface area contributed by atoms with Gasteiger partial charge in [-0.25, -0.2) is 9.78 Å². The van der Waals surface area contributed by atoms with Gasteiger partial charge in [0, 0.05) is 26.2 Å². The average Bonchev–Trinajstić information content (AvgIpc) is 3.06. The monoisotopic (exact) mass is 402 g/mol. The van der Waals surface area contributed by atoms with Gasteiger partial charge >= 0.3 is 5.69 Å². The van der Waals surface area contributed by atoms with E-state index in [2.05, 4.69) is 4.98 Å². The third kappa shape index (κ3) is 3.62. The first-order chi connectivity index (χ1) is 13.3. The number of aryl methyl sites for hydroxylation is 2. The number of phenolic OH excluding ortho intramolecular Hbond substituents is 1. The summed E-state index contributed by atoms with van der Waals surface area (Å²) < 4.78 is 4.23. The molecule has 1 aromatic carbocycles. The zero-order chi connectivity index (χ0) is 20.4. The summed E-state index contributed by atoms with van der Waals surface area (Å²) in [6.45, 7) is 2.63. The molecule has 1 N–H and O–H groups in total. The molecule has 0 amide bonds. The van der Waals surface area contributed by atoms with E-state index in [1.807, 2.05) is 6.92 Å². The van der Waals surface area contributed by atoms with Gasteiger partial charge in [-0.05, 0) is 30.7 Å². The number of Topliss-reactive ketones (excluding diaryl/α,β-unsaturated/α-hetero) is 1. The summed E-state index contributed by atoms with van der Waals surface area (Å²) in [5.41, 5.74) is 0.360. The molecule has 8 nitrogen and oxygen atoms in total. The van der Waals surface area contributed by atoms with Crippen LogP contribution in [0, 0.1) is 0 Å². The number of rotatable bonds is 7. The van der Waals surface area contributed by atoms with Crippen molar-refractivity contribution in [3.63, 3.8) is 0 Å². The van der Waals surface area contributed by atoms with E-state index in [0.717, 1.165) is 17.4 Å². The van der Waals surface area contributed by atoms with Crippen LogP contribution in [0.4, 0.5) is 0 Å². The van der Waals surface area contributed by atoms with E-state index in [0.29, 0.717) is 28.4 Å². The number of fused-ring (bicyclic) bond motifs is 1. The second-order valence-electron chi connectivity index (χ2n) is 6.54. The summed E-state index contributed by atoms with van der Waals surface area (Å²) in [6.07, 6.45) is 1.78. The number of ketones is 1. The van der Waals surface area contributed by atoms with Crippen molar-refractivity contribution >= 4 is 28.7 Å².